The van der Waals surface area contributed by atoms with E-state index in [1.165, 1.54) is 0 Å². The van der Waals surface area contributed by atoms with Gasteiger partial charge < -0.3 is 15.0 Å². The van der Waals surface area contributed by atoms with E-state index < -0.39 is 0 Å². The maximum Gasteiger partial charge on any atom is 0.323 e. The molecular weight excluding hydrogens is 254 g/mol. The fraction of sp³-hybridized carbons (Fsp3) is 0.786. The SMILES string of the molecule is CCCCN(CCCC)c1nc(NC)nc(OCC)n1. The lowest BCUT2D eigenvalue weighted by atomic mass is 10.3. The molecule has 0 radical (unpaired) electrons. The van der Waals surface area contributed by atoms with E-state index in [1.807, 2.05) is 6.92 Å². The highest BCUT2D eigenvalue weighted by Gasteiger charge is 2.13. The summed E-state index contributed by atoms with van der Waals surface area (Å²) in [6, 6.07) is 0.389. The van der Waals surface area contributed by atoms with Gasteiger partial charge in [0.1, 0.15) is 0 Å². The van der Waals surface area contributed by atoms with Crippen LogP contribution >= 0.6 is 0 Å². The molecule has 114 valence electrons. The van der Waals surface area contributed by atoms with Crippen molar-refractivity contribution < 1.29 is 4.74 Å². The van der Waals surface area contributed by atoms with Crippen LogP contribution in [0.4, 0.5) is 11.9 Å². The van der Waals surface area contributed by atoms with Gasteiger partial charge in [0.2, 0.25) is 11.9 Å². The summed E-state index contributed by atoms with van der Waals surface area (Å²) in [6.45, 7) is 8.79. The number of hydrogen-bond donors (Lipinski definition) is 1. The largest absolute Gasteiger partial charge is 0.464 e. The molecular formula is C14H27N5O. The highest BCUT2D eigenvalue weighted by atomic mass is 16.5. The molecule has 0 atom stereocenters. The molecule has 6 heteroatoms. The van der Waals surface area contributed by atoms with E-state index in [-0.39, 0.29) is 0 Å². The first-order valence-corrected chi connectivity index (χ1v) is 7.56. The Balaban J connectivity index is 2.93. The molecule has 0 unspecified atom stereocenters. The monoisotopic (exact) mass is 281 g/mol. The minimum absolute atomic E-state index is 0.389. The lowest BCUT2D eigenvalue weighted by Crippen LogP contribution is -2.28. The number of rotatable bonds is 10. The average Bonchev–Trinajstić information content (AvgIpc) is 2.47. The first-order chi connectivity index (χ1) is 9.74. The Morgan fingerprint density at radius 1 is 1.00 bits per heavy atom. The van der Waals surface area contributed by atoms with Gasteiger partial charge in [0, 0.05) is 20.1 Å². The van der Waals surface area contributed by atoms with Crippen LogP contribution in [-0.2, 0) is 0 Å². The van der Waals surface area contributed by atoms with E-state index >= 15 is 0 Å². The molecule has 0 saturated carbocycles. The summed E-state index contributed by atoms with van der Waals surface area (Å²) in [6.07, 6.45) is 4.58. The van der Waals surface area contributed by atoms with E-state index in [2.05, 4.69) is 39.0 Å². The minimum Gasteiger partial charge on any atom is -0.464 e. The average molecular weight is 281 g/mol. The van der Waals surface area contributed by atoms with Crippen molar-refractivity contribution in [3.8, 4) is 6.01 Å². The normalized spacial score (nSPS) is 10.4. The molecule has 0 aliphatic rings. The third-order valence-corrected chi connectivity index (χ3v) is 2.95. The van der Waals surface area contributed by atoms with Crippen molar-refractivity contribution in [3.63, 3.8) is 0 Å². The highest BCUT2D eigenvalue weighted by molar-refractivity contribution is 5.37. The lowest BCUT2D eigenvalue weighted by molar-refractivity contribution is 0.312. The molecule has 0 spiro atoms. The second-order valence-corrected chi connectivity index (χ2v) is 4.62. The predicted octanol–water partition coefficient (Wildman–Crippen LogP) is 2.72. The van der Waals surface area contributed by atoms with Crippen molar-refractivity contribution in [2.75, 3.05) is 37.0 Å². The van der Waals surface area contributed by atoms with Gasteiger partial charge in [-0.2, -0.15) is 15.0 Å². The summed E-state index contributed by atoms with van der Waals surface area (Å²) in [4.78, 5) is 15.3. The number of unbranched alkanes of at least 4 members (excludes halogenated alkanes) is 2. The summed E-state index contributed by atoms with van der Waals surface area (Å²) >= 11 is 0. The minimum atomic E-state index is 0.389. The lowest BCUT2D eigenvalue weighted by Gasteiger charge is -2.22. The summed E-state index contributed by atoms with van der Waals surface area (Å²) in [7, 11) is 1.80. The van der Waals surface area contributed by atoms with Gasteiger partial charge in [-0.3, -0.25) is 0 Å². The zero-order valence-corrected chi connectivity index (χ0v) is 13.1. The third-order valence-electron chi connectivity index (χ3n) is 2.95. The van der Waals surface area contributed by atoms with Crippen molar-refractivity contribution >= 4 is 11.9 Å². The van der Waals surface area contributed by atoms with Gasteiger partial charge in [0.25, 0.3) is 0 Å². The number of aromatic nitrogens is 3. The molecule has 1 rings (SSSR count). The van der Waals surface area contributed by atoms with E-state index in [0.717, 1.165) is 38.8 Å². The van der Waals surface area contributed by atoms with Gasteiger partial charge in [-0.05, 0) is 19.8 Å². The molecule has 1 aromatic heterocycles. The van der Waals surface area contributed by atoms with Crippen LogP contribution in [0.25, 0.3) is 0 Å². The fourth-order valence-electron chi connectivity index (χ4n) is 1.80. The molecule has 0 aliphatic heterocycles. The topological polar surface area (TPSA) is 63.2 Å². The Bertz CT molecular complexity index is 378. The Morgan fingerprint density at radius 3 is 2.15 bits per heavy atom. The number of anilines is 2. The molecule has 1 N–H and O–H groups in total. The number of hydrogen-bond acceptors (Lipinski definition) is 6. The van der Waals surface area contributed by atoms with Crippen molar-refractivity contribution in [2.45, 2.75) is 46.5 Å². The Hall–Kier alpha value is -1.59. The van der Waals surface area contributed by atoms with Crippen LogP contribution in [0, 0.1) is 0 Å². The third kappa shape index (κ3) is 5.19. The summed E-state index contributed by atoms with van der Waals surface area (Å²) in [5, 5.41) is 2.96. The Morgan fingerprint density at radius 2 is 1.65 bits per heavy atom. The van der Waals surface area contributed by atoms with E-state index in [4.69, 9.17) is 4.74 Å². The maximum atomic E-state index is 5.42. The van der Waals surface area contributed by atoms with Crippen LogP contribution < -0.4 is 15.0 Å². The van der Waals surface area contributed by atoms with Gasteiger partial charge in [0.05, 0.1) is 6.61 Å². The molecule has 1 aromatic rings. The second kappa shape index (κ2) is 9.34. The Labute approximate surface area is 122 Å². The van der Waals surface area contributed by atoms with Crippen molar-refractivity contribution in [1.82, 2.24) is 15.0 Å². The summed E-state index contributed by atoms with van der Waals surface area (Å²) in [5.41, 5.74) is 0. The number of ether oxygens (including phenoxy) is 1. The molecule has 20 heavy (non-hydrogen) atoms. The molecule has 6 nitrogen and oxygen atoms in total. The quantitative estimate of drug-likeness (QED) is 0.711. The van der Waals surface area contributed by atoms with Crippen LogP contribution in [0.1, 0.15) is 46.5 Å². The molecule has 0 amide bonds. The number of nitrogens with zero attached hydrogens (tertiary/aromatic N) is 4. The van der Waals surface area contributed by atoms with Crippen LogP contribution in [0.3, 0.4) is 0 Å². The van der Waals surface area contributed by atoms with Crippen LogP contribution in [0.2, 0.25) is 0 Å². The van der Waals surface area contributed by atoms with E-state index in [1.54, 1.807) is 7.05 Å². The van der Waals surface area contributed by atoms with Gasteiger partial charge in [0.15, 0.2) is 0 Å². The van der Waals surface area contributed by atoms with Gasteiger partial charge in [-0.25, -0.2) is 0 Å². The fourth-order valence-corrected chi connectivity index (χ4v) is 1.80. The molecule has 0 saturated heterocycles. The maximum absolute atomic E-state index is 5.42. The zero-order valence-electron chi connectivity index (χ0n) is 13.1. The van der Waals surface area contributed by atoms with Crippen molar-refractivity contribution in [2.24, 2.45) is 0 Å². The van der Waals surface area contributed by atoms with E-state index in [9.17, 15) is 0 Å². The molecule has 0 fully saturated rings. The predicted molar refractivity (Wildman–Crippen MR) is 82.6 cm³/mol. The molecule has 1 heterocycles. The second-order valence-electron chi connectivity index (χ2n) is 4.62. The molecule has 0 aromatic carbocycles. The smallest absolute Gasteiger partial charge is 0.323 e. The van der Waals surface area contributed by atoms with Crippen LogP contribution in [-0.4, -0.2) is 41.7 Å². The van der Waals surface area contributed by atoms with Crippen LogP contribution in [0.15, 0.2) is 0 Å². The Kier molecular flexibility index (Phi) is 7.69. The first-order valence-electron chi connectivity index (χ1n) is 7.56. The van der Waals surface area contributed by atoms with Crippen molar-refractivity contribution in [1.29, 1.82) is 0 Å². The standard InChI is InChI=1S/C14H27N5O/c1-5-8-10-19(11-9-6-2)13-16-12(15-4)17-14(18-13)20-7-3/h5-11H2,1-4H3,(H,15,16,17,18). The van der Waals surface area contributed by atoms with Gasteiger partial charge in [-0.15, -0.1) is 0 Å². The van der Waals surface area contributed by atoms with Crippen LogP contribution in [0.5, 0.6) is 6.01 Å². The van der Waals surface area contributed by atoms with Gasteiger partial charge in [-0.1, -0.05) is 26.7 Å². The summed E-state index contributed by atoms with van der Waals surface area (Å²) in [5.74, 6) is 1.26. The number of nitrogens with one attached hydrogen (secondary N) is 1. The van der Waals surface area contributed by atoms with E-state index in [0.29, 0.717) is 24.5 Å². The molecule has 0 aliphatic carbocycles. The molecule has 0 bridgehead atoms. The first kappa shape index (κ1) is 16.5. The zero-order chi connectivity index (χ0) is 14.8. The van der Waals surface area contributed by atoms with Gasteiger partial charge >= 0.3 is 6.01 Å². The van der Waals surface area contributed by atoms with Crippen molar-refractivity contribution in [3.05, 3.63) is 0 Å². The summed E-state index contributed by atoms with van der Waals surface area (Å²) < 4.78 is 5.42. The highest BCUT2D eigenvalue weighted by Crippen LogP contribution is 2.16.